The molecule has 1 saturated heterocycles. The van der Waals surface area contributed by atoms with Crippen LogP contribution in [0.25, 0.3) is 0 Å². The Bertz CT molecular complexity index is 1000. The summed E-state index contributed by atoms with van der Waals surface area (Å²) in [5.41, 5.74) is 2.92. The molecule has 2 aliphatic heterocycles. The van der Waals surface area contributed by atoms with Crippen molar-refractivity contribution in [3.63, 3.8) is 0 Å². The number of hydrogen-bond donors (Lipinski definition) is 0. The minimum absolute atomic E-state index is 0.0529. The summed E-state index contributed by atoms with van der Waals surface area (Å²) in [5, 5.41) is 0. The average Bonchev–Trinajstić information content (AvgIpc) is 2.83. The molecule has 0 N–H and O–H groups in total. The first kappa shape index (κ1) is 23.2. The minimum atomic E-state index is -0.637. The molecule has 4 rings (SSSR count). The number of halogens is 1. The molecular weight excluding hydrogens is 423 g/mol. The zero-order valence-electron chi connectivity index (χ0n) is 19.4. The number of amides is 2. The minimum Gasteiger partial charge on any atom is -0.481 e. The van der Waals surface area contributed by atoms with Crippen molar-refractivity contribution in [1.82, 2.24) is 9.80 Å². The highest BCUT2D eigenvalue weighted by Gasteiger charge is 2.34. The molecule has 0 saturated carbocycles. The molecular formula is C26H31FN2O4. The lowest BCUT2D eigenvalue weighted by Crippen LogP contribution is -2.46. The van der Waals surface area contributed by atoms with Crippen molar-refractivity contribution in [1.29, 1.82) is 0 Å². The lowest BCUT2D eigenvalue weighted by Gasteiger charge is -2.39. The molecule has 2 aromatic rings. The van der Waals surface area contributed by atoms with Crippen LogP contribution in [0, 0.1) is 11.7 Å². The maximum Gasteiger partial charge on any atom is 0.263 e. The fraction of sp³-hybridized carbons (Fsp3) is 0.462. The maximum absolute atomic E-state index is 13.6. The summed E-state index contributed by atoms with van der Waals surface area (Å²) in [5.74, 6) is 0.0952. The van der Waals surface area contributed by atoms with Crippen molar-refractivity contribution in [2.75, 3.05) is 32.8 Å². The van der Waals surface area contributed by atoms with Crippen LogP contribution >= 0.6 is 0 Å². The Morgan fingerprint density at radius 1 is 1.00 bits per heavy atom. The summed E-state index contributed by atoms with van der Waals surface area (Å²) >= 11 is 0. The number of hydrogen-bond acceptors (Lipinski definition) is 4. The van der Waals surface area contributed by atoms with Gasteiger partial charge in [-0.2, -0.15) is 0 Å². The molecule has 176 valence electrons. The van der Waals surface area contributed by atoms with E-state index in [0.29, 0.717) is 38.6 Å². The molecule has 0 aliphatic carbocycles. The number of benzene rings is 2. The van der Waals surface area contributed by atoms with E-state index < -0.39 is 6.10 Å². The predicted octanol–water partition coefficient (Wildman–Crippen LogP) is 3.58. The van der Waals surface area contributed by atoms with Gasteiger partial charge in [0.25, 0.3) is 5.91 Å². The monoisotopic (exact) mass is 454 g/mol. The van der Waals surface area contributed by atoms with E-state index in [4.69, 9.17) is 9.47 Å². The highest BCUT2D eigenvalue weighted by atomic mass is 19.1. The molecule has 0 aromatic heterocycles. The zero-order chi connectivity index (χ0) is 23.5. The summed E-state index contributed by atoms with van der Waals surface area (Å²) in [6.07, 6.45) is 0.0935. The Morgan fingerprint density at radius 3 is 2.36 bits per heavy atom. The molecule has 2 heterocycles. The number of nitrogens with zero attached hydrogens (tertiary/aromatic N) is 2. The van der Waals surface area contributed by atoms with E-state index in [1.807, 2.05) is 36.9 Å². The standard InChI is InChI=1S/C26H31FN2O4/c1-17(2)25(30)29-11-10-19-6-9-22(33-18(3)26(31)28-12-14-32-15-13-28)16-23(19)24(29)20-4-7-21(27)8-5-20/h4-9,16-18,24H,10-15H2,1-3H3. The van der Waals surface area contributed by atoms with Gasteiger partial charge in [-0.25, -0.2) is 4.39 Å². The van der Waals surface area contributed by atoms with Crippen LogP contribution in [0.4, 0.5) is 4.39 Å². The van der Waals surface area contributed by atoms with E-state index in [1.165, 1.54) is 12.1 Å². The largest absolute Gasteiger partial charge is 0.481 e. The highest BCUT2D eigenvalue weighted by molar-refractivity contribution is 5.81. The van der Waals surface area contributed by atoms with Crippen LogP contribution in [0.1, 0.15) is 43.5 Å². The van der Waals surface area contributed by atoms with Crippen molar-refractivity contribution >= 4 is 11.8 Å². The van der Waals surface area contributed by atoms with Crippen LogP contribution in [-0.4, -0.2) is 60.6 Å². The topological polar surface area (TPSA) is 59.1 Å². The van der Waals surface area contributed by atoms with Gasteiger partial charge in [0.15, 0.2) is 6.10 Å². The second-order valence-electron chi connectivity index (χ2n) is 8.95. The van der Waals surface area contributed by atoms with Gasteiger partial charge < -0.3 is 19.3 Å². The third-order valence-corrected chi connectivity index (χ3v) is 6.29. The maximum atomic E-state index is 13.6. The third-order valence-electron chi connectivity index (χ3n) is 6.29. The zero-order valence-corrected chi connectivity index (χ0v) is 19.4. The summed E-state index contributed by atoms with van der Waals surface area (Å²) < 4.78 is 25.0. The summed E-state index contributed by atoms with van der Waals surface area (Å²) in [7, 11) is 0. The number of ether oxygens (including phenoxy) is 2. The van der Waals surface area contributed by atoms with Gasteiger partial charge in [-0.1, -0.05) is 32.0 Å². The lowest BCUT2D eigenvalue weighted by atomic mass is 9.87. The molecule has 33 heavy (non-hydrogen) atoms. The first-order valence-corrected chi connectivity index (χ1v) is 11.6. The van der Waals surface area contributed by atoms with Crippen molar-refractivity contribution in [3.8, 4) is 5.75 Å². The van der Waals surface area contributed by atoms with Crippen LogP contribution < -0.4 is 4.74 Å². The summed E-state index contributed by atoms with van der Waals surface area (Å²) in [6.45, 7) is 8.33. The Hall–Kier alpha value is -2.93. The molecule has 2 unspecified atom stereocenters. The van der Waals surface area contributed by atoms with Gasteiger partial charge in [0.2, 0.25) is 5.91 Å². The lowest BCUT2D eigenvalue weighted by molar-refractivity contribution is -0.142. The fourth-order valence-corrected chi connectivity index (χ4v) is 4.54. The van der Waals surface area contributed by atoms with Crippen molar-refractivity contribution < 1.29 is 23.5 Å². The van der Waals surface area contributed by atoms with E-state index in [-0.39, 0.29) is 29.6 Å². The number of rotatable bonds is 5. The Kier molecular flexibility index (Phi) is 6.98. The molecule has 0 spiro atoms. The second kappa shape index (κ2) is 9.91. The van der Waals surface area contributed by atoms with Gasteiger partial charge in [-0.05, 0) is 54.3 Å². The molecule has 0 radical (unpaired) electrons. The average molecular weight is 455 g/mol. The second-order valence-corrected chi connectivity index (χ2v) is 8.95. The van der Waals surface area contributed by atoms with Gasteiger partial charge >= 0.3 is 0 Å². The van der Waals surface area contributed by atoms with Crippen LogP contribution in [0.2, 0.25) is 0 Å². The van der Waals surface area contributed by atoms with E-state index in [0.717, 1.165) is 23.1 Å². The van der Waals surface area contributed by atoms with E-state index in [9.17, 15) is 14.0 Å². The Labute approximate surface area is 194 Å². The summed E-state index contributed by atoms with van der Waals surface area (Å²) in [4.78, 5) is 29.5. The van der Waals surface area contributed by atoms with Crippen LogP contribution in [-0.2, 0) is 20.7 Å². The van der Waals surface area contributed by atoms with Crippen molar-refractivity contribution in [2.24, 2.45) is 5.92 Å². The predicted molar refractivity (Wildman–Crippen MR) is 122 cm³/mol. The van der Waals surface area contributed by atoms with E-state index in [1.54, 1.807) is 24.0 Å². The SMILES string of the molecule is CC(C)C(=O)N1CCc2ccc(OC(C)C(=O)N3CCOCC3)cc2C1c1ccc(F)cc1. The van der Waals surface area contributed by atoms with Crippen LogP contribution in [0.5, 0.6) is 5.75 Å². The molecule has 6 nitrogen and oxygen atoms in total. The molecule has 2 aliphatic rings. The first-order chi connectivity index (χ1) is 15.8. The molecule has 7 heteroatoms. The van der Waals surface area contributed by atoms with E-state index >= 15 is 0 Å². The molecule has 2 amide bonds. The highest BCUT2D eigenvalue weighted by Crippen LogP contribution is 2.38. The van der Waals surface area contributed by atoms with Gasteiger partial charge in [0.1, 0.15) is 11.6 Å². The van der Waals surface area contributed by atoms with Gasteiger partial charge in [-0.3, -0.25) is 9.59 Å². The first-order valence-electron chi connectivity index (χ1n) is 11.6. The van der Waals surface area contributed by atoms with Crippen LogP contribution in [0.3, 0.4) is 0 Å². The molecule has 2 aromatic carbocycles. The molecule has 1 fully saturated rings. The number of morpholine rings is 1. The quantitative estimate of drug-likeness (QED) is 0.693. The summed E-state index contributed by atoms with van der Waals surface area (Å²) in [6, 6.07) is 11.8. The van der Waals surface area contributed by atoms with Gasteiger partial charge in [-0.15, -0.1) is 0 Å². The molecule has 2 atom stereocenters. The van der Waals surface area contributed by atoms with Crippen molar-refractivity contribution in [2.45, 2.75) is 39.3 Å². The van der Waals surface area contributed by atoms with Crippen LogP contribution in [0.15, 0.2) is 42.5 Å². The molecule has 0 bridgehead atoms. The number of carbonyl (C=O) groups is 2. The number of carbonyl (C=O) groups excluding carboxylic acids is 2. The smallest absolute Gasteiger partial charge is 0.263 e. The third kappa shape index (κ3) is 5.03. The Morgan fingerprint density at radius 2 is 1.70 bits per heavy atom. The van der Waals surface area contributed by atoms with E-state index in [2.05, 4.69) is 0 Å². The van der Waals surface area contributed by atoms with Crippen molar-refractivity contribution in [3.05, 3.63) is 65.0 Å². The Balaban J connectivity index is 1.64. The number of fused-ring (bicyclic) bond motifs is 1. The fourth-order valence-electron chi connectivity index (χ4n) is 4.54. The van der Waals surface area contributed by atoms with Gasteiger partial charge in [0.05, 0.1) is 19.3 Å². The van der Waals surface area contributed by atoms with Gasteiger partial charge in [0, 0.05) is 25.6 Å². The normalized spacial score (nSPS) is 19.2.